The Balaban J connectivity index is 4.62. The third-order valence-electron chi connectivity index (χ3n) is 1.41. The summed E-state index contributed by atoms with van der Waals surface area (Å²) in [6, 6.07) is 0. The predicted molar refractivity (Wildman–Crippen MR) is 44.5 cm³/mol. The average Bonchev–Trinajstić information content (AvgIpc) is 1.82. The quantitative estimate of drug-likeness (QED) is 0.237. The highest BCUT2D eigenvalue weighted by Gasteiger charge is 2.36. The molecule has 1 unspecified atom stereocenters. The Morgan fingerprint density at radius 1 is 1.23 bits per heavy atom. The van der Waals surface area contributed by atoms with E-state index in [2.05, 4.69) is 0 Å². The minimum atomic E-state index is -2.14. The zero-order valence-electron chi connectivity index (χ0n) is 6.91. The lowest BCUT2D eigenvalue weighted by molar-refractivity contribution is -0.141. The highest BCUT2D eigenvalue weighted by Crippen LogP contribution is 2.13. The Labute approximate surface area is 74.4 Å². The molecule has 0 rings (SSSR count). The average molecular weight is 188 g/mol. The number of hydrogen-bond acceptors (Lipinski definition) is 4. The van der Waals surface area contributed by atoms with E-state index in [4.69, 9.17) is 22.6 Å². The van der Waals surface area contributed by atoms with Gasteiger partial charge in [0.1, 0.15) is 0 Å². The number of carbonyl (C=O) groups excluding carboxylic acids is 2. The van der Waals surface area contributed by atoms with Crippen LogP contribution in [0.3, 0.4) is 0 Å². The van der Waals surface area contributed by atoms with Crippen LogP contribution in [0.25, 0.3) is 0 Å². The number of rotatable bonds is 5. The molecule has 0 aliphatic carbocycles. The molecule has 0 saturated carbocycles. The smallest absolute Gasteiger partial charge is 0.250 e. The molecular weight excluding hydrogens is 176 g/mol. The fourth-order valence-electron chi connectivity index (χ4n) is 0.840. The van der Waals surface area contributed by atoms with Crippen LogP contribution in [0.1, 0.15) is 12.8 Å². The fourth-order valence-corrected chi connectivity index (χ4v) is 0.840. The summed E-state index contributed by atoms with van der Waals surface area (Å²) in [6.45, 7) is 0. The van der Waals surface area contributed by atoms with E-state index >= 15 is 0 Å². The van der Waals surface area contributed by atoms with Gasteiger partial charge >= 0.3 is 0 Å². The molecule has 0 bridgehead atoms. The van der Waals surface area contributed by atoms with Gasteiger partial charge in [0.05, 0.1) is 12.3 Å². The molecule has 2 amide bonds. The summed E-state index contributed by atoms with van der Waals surface area (Å²) < 4.78 is 0. The van der Waals surface area contributed by atoms with E-state index in [-0.39, 0.29) is 0 Å². The number of amides is 2. The van der Waals surface area contributed by atoms with E-state index in [9.17, 15) is 14.7 Å². The maximum atomic E-state index is 10.7. The van der Waals surface area contributed by atoms with Crippen molar-refractivity contribution >= 4 is 17.6 Å². The van der Waals surface area contributed by atoms with Gasteiger partial charge < -0.3 is 22.3 Å². The van der Waals surface area contributed by atoms with Crippen LogP contribution in [0.4, 0.5) is 0 Å². The van der Waals surface area contributed by atoms with Gasteiger partial charge in [0, 0.05) is 6.42 Å². The highest BCUT2D eigenvalue weighted by atomic mass is 16.3. The first-order chi connectivity index (χ1) is 5.78. The fraction of sp³-hybridized carbons (Fsp3) is 0.500. The van der Waals surface area contributed by atoms with Gasteiger partial charge in [-0.1, -0.05) is 0 Å². The molecule has 7 nitrogen and oxygen atoms in total. The van der Waals surface area contributed by atoms with Crippen LogP contribution >= 0.6 is 0 Å². The summed E-state index contributed by atoms with van der Waals surface area (Å²) in [4.78, 5) is 21.1. The van der Waals surface area contributed by atoms with Crippen LogP contribution < -0.4 is 17.2 Å². The number of nitrogens with one attached hydrogen (secondary N) is 1. The second-order valence-corrected chi connectivity index (χ2v) is 2.74. The molecule has 0 fully saturated rings. The molecule has 0 aliphatic rings. The van der Waals surface area contributed by atoms with Gasteiger partial charge in [0.2, 0.25) is 11.8 Å². The van der Waals surface area contributed by atoms with Crippen LogP contribution in [0.5, 0.6) is 0 Å². The van der Waals surface area contributed by atoms with Crippen molar-refractivity contribution in [1.82, 2.24) is 0 Å². The normalized spacial score (nSPS) is 14.5. The monoisotopic (exact) mass is 188 g/mol. The summed E-state index contributed by atoms with van der Waals surface area (Å²) in [6.07, 6.45) is -1.13. The Bertz CT molecular complexity index is 234. The summed E-state index contributed by atoms with van der Waals surface area (Å²) >= 11 is 0. The van der Waals surface area contributed by atoms with Crippen LogP contribution in [-0.2, 0) is 9.59 Å². The molecule has 0 aromatic heterocycles. The van der Waals surface area contributed by atoms with Gasteiger partial charge in [-0.3, -0.25) is 15.0 Å². The van der Waals surface area contributed by atoms with Crippen molar-refractivity contribution in [3.63, 3.8) is 0 Å². The van der Waals surface area contributed by atoms with E-state index in [1.165, 1.54) is 0 Å². The third kappa shape index (κ3) is 3.52. The molecule has 0 aromatic carbocycles. The van der Waals surface area contributed by atoms with Crippen molar-refractivity contribution in [2.75, 3.05) is 0 Å². The zero-order chi connectivity index (χ0) is 10.6. The van der Waals surface area contributed by atoms with E-state index < -0.39 is 36.1 Å². The molecule has 1 atom stereocenters. The summed E-state index contributed by atoms with van der Waals surface area (Å²) in [5.41, 5.74) is 12.4. The summed E-state index contributed by atoms with van der Waals surface area (Å²) in [7, 11) is 0. The van der Waals surface area contributed by atoms with Crippen LogP contribution in [0.2, 0.25) is 0 Å². The lowest BCUT2D eigenvalue weighted by Crippen LogP contribution is -2.49. The van der Waals surface area contributed by atoms with Gasteiger partial charge in [-0.2, -0.15) is 0 Å². The molecule has 0 spiro atoms. The molecule has 7 heteroatoms. The first-order valence-corrected chi connectivity index (χ1v) is 3.41. The molecule has 0 aromatic rings. The number of carbonyl (C=O) groups is 2. The number of nitrogens with two attached hydrogens (primary N) is 3. The molecule has 13 heavy (non-hydrogen) atoms. The van der Waals surface area contributed by atoms with Crippen LogP contribution in [0, 0.1) is 5.41 Å². The number of aliphatic hydroxyl groups is 1. The lowest BCUT2D eigenvalue weighted by Gasteiger charge is -2.21. The van der Waals surface area contributed by atoms with E-state index in [0.717, 1.165) is 0 Å². The van der Waals surface area contributed by atoms with Crippen molar-refractivity contribution in [1.29, 1.82) is 5.41 Å². The Kier molecular flexibility index (Phi) is 3.37. The molecule has 8 N–H and O–H groups in total. The van der Waals surface area contributed by atoms with Gasteiger partial charge in [-0.05, 0) is 0 Å². The first-order valence-electron chi connectivity index (χ1n) is 3.41. The number of amidine groups is 1. The van der Waals surface area contributed by atoms with Crippen molar-refractivity contribution in [3.8, 4) is 0 Å². The maximum Gasteiger partial charge on any atom is 0.250 e. The largest absolute Gasteiger partial charge is 0.388 e. The number of primary amides is 2. The third-order valence-corrected chi connectivity index (χ3v) is 1.41. The van der Waals surface area contributed by atoms with Gasteiger partial charge in [0.25, 0.3) is 0 Å². The van der Waals surface area contributed by atoms with Gasteiger partial charge in [-0.15, -0.1) is 0 Å². The Morgan fingerprint density at radius 2 is 1.69 bits per heavy atom. The van der Waals surface area contributed by atoms with Crippen molar-refractivity contribution in [3.05, 3.63) is 0 Å². The van der Waals surface area contributed by atoms with Crippen molar-refractivity contribution in [2.24, 2.45) is 17.2 Å². The predicted octanol–water partition coefficient (Wildman–Crippen LogP) is -2.60. The van der Waals surface area contributed by atoms with E-state index in [1.54, 1.807) is 0 Å². The molecule has 0 aliphatic heterocycles. The molecule has 0 saturated heterocycles. The second kappa shape index (κ2) is 3.85. The zero-order valence-corrected chi connectivity index (χ0v) is 6.91. The van der Waals surface area contributed by atoms with Gasteiger partial charge in [-0.25, -0.2) is 0 Å². The molecule has 0 heterocycles. The molecule has 74 valence electrons. The molecule has 0 radical (unpaired) electrons. The highest BCUT2D eigenvalue weighted by molar-refractivity contribution is 5.94. The SMILES string of the molecule is N=C(N)CC(O)(CC(N)=O)C(N)=O. The Morgan fingerprint density at radius 3 is 1.92 bits per heavy atom. The lowest BCUT2D eigenvalue weighted by atomic mass is 9.94. The van der Waals surface area contributed by atoms with Crippen molar-refractivity contribution in [2.45, 2.75) is 18.4 Å². The second-order valence-electron chi connectivity index (χ2n) is 2.74. The van der Waals surface area contributed by atoms with E-state index in [1.807, 2.05) is 0 Å². The topological polar surface area (TPSA) is 156 Å². The standard InChI is InChI=1S/C6H12N4O3/c7-3(8)1-6(13,5(10)12)2-4(9)11/h13H,1-2H2,(H3,7,8)(H2,9,11)(H2,10,12). The van der Waals surface area contributed by atoms with E-state index in [0.29, 0.717) is 0 Å². The molecular formula is C6H12N4O3. The first kappa shape index (κ1) is 11.4. The summed E-state index contributed by atoms with van der Waals surface area (Å²) in [5.74, 6) is -2.45. The van der Waals surface area contributed by atoms with Gasteiger partial charge in [0.15, 0.2) is 5.60 Å². The van der Waals surface area contributed by atoms with Crippen LogP contribution in [-0.4, -0.2) is 28.4 Å². The summed E-state index contributed by atoms with van der Waals surface area (Å²) in [5, 5.41) is 16.3. The Hall–Kier alpha value is -1.63. The van der Waals surface area contributed by atoms with Crippen LogP contribution in [0.15, 0.2) is 0 Å². The maximum absolute atomic E-state index is 10.7. The number of hydrogen-bond donors (Lipinski definition) is 5. The minimum Gasteiger partial charge on any atom is -0.388 e. The minimum absolute atomic E-state index is 0.442. The van der Waals surface area contributed by atoms with Crippen molar-refractivity contribution < 1.29 is 14.7 Å².